The van der Waals surface area contributed by atoms with Crippen LogP contribution in [0.3, 0.4) is 0 Å². The Morgan fingerprint density at radius 1 is 1.00 bits per heavy atom. The molecule has 4 heteroatoms. The van der Waals surface area contributed by atoms with E-state index in [1.165, 1.54) is 12.5 Å². The van der Waals surface area contributed by atoms with Crippen molar-refractivity contribution < 1.29 is 9.59 Å². The van der Waals surface area contributed by atoms with Crippen LogP contribution in [-0.2, 0) is 15.0 Å². The molecule has 0 bridgehead atoms. The van der Waals surface area contributed by atoms with Crippen molar-refractivity contribution in [2.45, 2.75) is 46.1 Å². The summed E-state index contributed by atoms with van der Waals surface area (Å²) >= 11 is 0. The molecule has 0 aromatic heterocycles. The average molecular weight is 352 g/mol. The molecule has 2 rings (SSSR count). The number of hydrogen-bond donors (Lipinski definition) is 1. The van der Waals surface area contributed by atoms with E-state index in [-0.39, 0.29) is 29.8 Å². The van der Waals surface area contributed by atoms with Gasteiger partial charge in [-0.1, -0.05) is 63.2 Å². The summed E-state index contributed by atoms with van der Waals surface area (Å²) in [6, 6.07) is 17.4. The van der Waals surface area contributed by atoms with Gasteiger partial charge in [-0.3, -0.25) is 9.59 Å². The third-order valence-corrected chi connectivity index (χ3v) is 4.50. The number of hydrogen-bond acceptors (Lipinski definition) is 2. The van der Waals surface area contributed by atoms with Gasteiger partial charge in [0.2, 0.25) is 11.8 Å². The molecule has 1 atom stereocenters. The van der Waals surface area contributed by atoms with Crippen LogP contribution in [0.5, 0.6) is 0 Å². The molecule has 0 fully saturated rings. The highest BCUT2D eigenvalue weighted by molar-refractivity contribution is 5.94. The first-order valence-electron chi connectivity index (χ1n) is 8.91. The Hall–Kier alpha value is -2.62. The number of nitrogens with one attached hydrogen (secondary N) is 1. The molecule has 0 saturated heterocycles. The zero-order valence-corrected chi connectivity index (χ0v) is 16.2. The number of nitrogens with zero attached hydrogens (tertiary/aromatic N) is 1. The van der Waals surface area contributed by atoms with Crippen LogP contribution in [0.1, 0.15) is 51.8 Å². The molecule has 2 aromatic rings. The number of carbonyl (C=O) groups is 2. The quantitative estimate of drug-likeness (QED) is 0.859. The summed E-state index contributed by atoms with van der Waals surface area (Å²) in [5.41, 5.74) is 3.02. The van der Waals surface area contributed by atoms with Crippen LogP contribution >= 0.6 is 0 Å². The minimum atomic E-state index is -0.202. The molecule has 0 spiro atoms. The van der Waals surface area contributed by atoms with Crippen molar-refractivity contribution in [2.24, 2.45) is 0 Å². The first kappa shape index (κ1) is 19.7. The van der Waals surface area contributed by atoms with Crippen LogP contribution in [0, 0.1) is 0 Å². The highest BCUT2D eigenvalue weighted by Crippen LogP contribution is 2.24. The Morgan fingerprint density at radius 3 is 2.08 bits per heavy atom. The number of anilines is 1. The lowest BCUT2D eigenvalue weighted by molar-refractivity contribution is -0.134. The van der Waals surface area contributed by atoms with Crippen molar-refractivity contribution in [1.82, 2.24) is 4.90 Å². The molecular weight excluding hydrogens is 324 g/mol. The van der Waals surface area contributed by atoms with Gasteiger partial charge in [0.15, 0.2) is 0 Å². The molecule has 1 N–H and O–H groups in total. The van der Waals surface area contributed by atoms with E-state index >= 15 is 0 Å². The number of rotatable bonds is 5. The standard InChI is InChI=1S/C22H28N2O2/c1-16(18-9-7-6-8-10-18)24(17(2)25)15-21(26)23-20-13-11-19(12-14-20)22(3,4)5/h6-14,16H,15H2,1-5H3,(H,23,26). The van der Waals surface area contributed by atoms with Gasteiger partial charge in [-0.2, -0.15) is 0 Å². The predicted octanol–water partition coefficient (Wildman–Crippen LogP) is 4.53. The van der Waals surface area contributed by atoms with Gasteiger partial charge in [0.05, 0.1) is 6.04 Å². The molecule has 1 unspecified atom stereocenters. The van der Waals surface area contributed by atoms with Crippen molar-refractivity contribution in [1.29, 1.82) is 0 Å². The Balaban J connectivity index is 2.05. The summed E-state index contributed by atoms with van der Waals surface area (Å²) in [6.45, 7) is 9.89. The lowest BCUT2D eigenvalue weighted by Gasteiger charge is -2.28. The van der Waals surface area contributed by atoms with Gasteiger partial charge in [-0.15, -0.1) is 0 Å². The summed E-state index contributed by atoms with van der Waals surface area (Å²) in [5, 5.41) is 2.88. The van der Waals surface area contributed by atoms with Crippen molar-refractivity contribution in [3.63, 3.8) is 0 Å². The van der Waals surface area contributed by atoms with Crippen LogP contribution in [-0.4, -0.2) is 23.3 Å². The molecule has 2 aromatic carbocycles. The molecule has 4 nitrogen and oxygen atoms in total. The topological polar surface area (TPSA) is 49.4 Å². The second-order valence-electron chi connectivity index (χ2n) is 7.61. The minimum absolute atomic E-state index is 0.0203. The van der Waals surface area contributed by atoms with Crippen LogP contribution in [0.25, 0.3) is 0 Å². The monoisotopic (exact) mass is 352 g/mol. The van der Waals surface area contributed by atoms with Crippen LogP contribution in [0.2, 0.25) is 0 Å². The molecule has 138 valence electrons. The first-order valence-corrected chi connectivity index (χ1v) is 8.91. The molecule has 2 amide bonds. The lowest BCUT2D eigenvalue weighted by Crippen LogP contribution is -2.38. The highest BCUT2D eigenvalue weighted by Gasteiger charge is 2.21. The maximum atomic E-state index is 12.4. The van der Waals surface area contributed by atoms with Gasteiger partial charge in [0, 0.05) is 12.6 Å². The number of amides is 2. The zero-order chi connectivity index (χ0) is 19.3. The fourth-order valence-electron chi connectivity index (χ4n) is 2.84. The van der Waals surface area contributed by atoms with E-state index in [4.69, 9.17) is 0 Å². The maximum Gasteiger partial charge on any atom is 0.244 e. The minimum Gasteiger partial charge on any atom is -0.327 e. The third kappa shape index (κ3) is 5.19. The SMILES string of the molecule is CC(=O)N(CC(=O)Nc1ccc(C(C)(C)C)cc1)C(C)c1ccccc1. The fraction of sp³-hybridized carbons (Fsp3) is 0.364. The average Bonchev–Trinajstić information content (AvgIpc) is 2.59. The molecule has 0 saturated carbocycles. The first-order chi connectivity index (χ1) is 12.2. The summed E-state index contributed by atoms with van der Waals surface area (Å²) in [7, 11) is 0. The van der Waals surface area contributed by atoms with Crippen molar-refractivity contribution in [3.05, 3.63) is 65.7 Å². The normalized spacial score (nSPS) is 12.3. The number of benzene rings is 2. The van der Waals surface area contributed by atoms with Crippen molar-refractivity contribution >= 4 is 17.5 Å². The van der Waals surface area contributed by atoms with E-state index in [1.807, 2.05) is 61.5 Å². The van der Waals surface area contributed by atoms with Gasteiger partial charge in [0.25, 0.3) is 0 Å². The summed E-state index contributed by atoms with van der Waals surface area (Å²) in [4.78, 5) is 26.1. The Labute approximate surface area is 156 Å². The lowest BCUT2D eigenvalue weighted by atomic mass is 9.87. The summed E-state index contributed by atoms with van der Waals surface area (Å²) in [5.74, 6) is -0.328. The van der Waals surface area contributed by atoms with Crippen LogP contribution < -0.4 is 5.32 Å². The van der Waals surface area contributed by atoms with Gasteiger partial charge >= 0.3 is 0 Å². The van der Waals surface area contributed by atoms with E-state index in [0.717, 1.165) is 11.3 Å². The van der Waals surface area contributed by atoms with E-state index < -0.39 is 0 Å². The Kier molecular flexibility index (Phi) is 6.19. The summed E-state index contributed by atoms with van der Waals surface area (Å²) < 4.78 is 0. The predicted molar refractivity (Wildman–Crippen MR) is 106 cm³/mol. The maximum absolute atomic E-state index is 12.4. The van der Waals surface area contributed by atoms with Gasteiger partial charge in [0.1, 0.15) is 6.54 Å². The van der Waals surface area contributed by atoms with Crippen molar-refractivity contribution in [2.75, 3.05) is 11.9 Å². The van der Waals surface area contributed by atoms with E-state index in [0.29, 0.717) is 0 Å². The molecule has 0 aliphatic heterocycles. The Morgan fingerprint density at radius 2 is 1.58 bits per heavy atom. The molecule has 0 radical (unpaired) electrons. The third-order valence-electron chi connectivity index (χ3n) is 4.50. The van der Waals surface area contributed by atoms with E-state index in [2.05, 4.69) is 26.1 Å². The fourth-order valence-corrected chi connectivity index (χ4v) is 2.84. The van der Waals surface area contributed by atoms with Gasteiger partial charge in [-0.05, 0) is 35.6 Å². The molecule has 0 aliphatic rings. The second kappa shape index (κ2) is 8.17. The largest absolute Gasteiger partial charge is 0.327 e. The molecule has 26 heavy (non-hydrogen) atoms. The highest BCUT2D eigenvalue weighted by atomic mass is 16.2. The van der Waals surface area contributed by atoms with Crippen LogP contribution in [0.15, 0.2) is 54.6 Å². The van der Waals surface area contributed by atoms with Gasteiger partial charge < -0.3 is 10.2 Å². The molecule has 0 heterocycles. The summed E-state index contributed by atoms with van der Waals surface area (Å²) in [6.07, 6.45) is 0. The second-order valence-corrected chi connectivity index (χ2v) is 7.61. The molecule has 0 aliphatic carbocycles. The van der Waals surface area contributed by atoms with Crippen molar-refractivity contribution in [3.8, 4) is 0 Å². The van der Waals surface area contributed by atoms with E-state index in [1.54, 1.807) is 4.90 Å². The molecular formula is C22H28N2O2. The van der Waals surface area contributed by atoms with E-state index in [9.17, 15) is 9.59 Å². The Bertz CT molecular complexity index is 746. The van der Waals surface area contributed by atoms with Crippen LogP contribution in [0.4, 0.5) is 5.69 Å². The zero-order valence-electron chi connectivity index (χ0n) is 16.2. The number of carbonyl (C=O) groups excluding carboxylic acids is 2. The van der Waals surface area contributed by atoms with Gasteiger partial charge in [-0.25, -0.2) is 0 Å². The smallest absolute Gasteiger partial charge is 0.244 e.